The molecule has 0 radical (unpaired) electrons. The minimum atomic E-state index is 0.0181. The fourth-order valence-electron chi connectivity index (χ4n) is 3.35. The first-order chi connectivity index (χ1) is 13.2. The van der Waals surface area contributed by atoms with E-state index in [0.717, 1.165) is 47.9 Å². The number of nitrogens with one attached hydrogen (secondary N) is 1. The van der Waals surface area contributed by atoms with Crippen LogP contribution in [0.2, 0.25) is 5.02 Å². The lowest BCUT2D eigenvalue weighted by Crippen LogP contribution is -2.38. The Kier molecular flexibility index (Phi) is 5.41. The molecule has 1 fully saturated rings. The summed E-state index contributed by atoms with van der Waals surface area (Å²) in [6.45, 7) is 1.71. The highest BCUT2D eigenvalue weighted by Crippen LogP contribution is 2.28. The van der Waals surface area contributed by atoms with Crippen LogP contribution >= 0.6 is 22.9 Å². The number of benzene rings is 2. The van der Waals surface area contributed by atoms with Gasteiger partial charge in [0.1, 0.15) is 0 Å². The summed E-state index contributed by atoms with van der Waals surface area (Å²) in [7, 11) is 0. The van der Waals surface area contributed by atoms with Gasteiger partial charge in [-0.3, -0.25) is 4.79 Å². The normalized spacial score (nSPS) is 14.9. The van der Waals surface area contributed by atoms with Crippen LogP contribution in [-0.2, 0) is 4.79 Å². The smallest absolute Gasteiger partial charge is 0.229 e. The quantitative estimate of drug-likeness (QED) is 0.648. The van der Waals surface area contributed by atoms with Gasteiger partial charge in [0.2, 0.25) is 5.91 Å². The average Bonchev–Trinajstić information content (AvgIpc) is 3.17. The third-order valence-electron chi connectivity index (χ3n) is 4.84. The maximum absolute atomic E-state index is 12.6. The third kappa shape index (κ3) is 4.31. The Bertz CT molecular complexity index is 920. The standard InChI is InChI=1S/C21H20ClN3OS/c22-17-7-4-8-18(13-17)25-11-9-16(10-12-25)20(26)24-21-23-19(14-27-21)15-5-2-1-3-6-15/h1-8,13-14,16H,9-12H2,(H,23,24,26). The van der Waals surface area contributed by atoms with Gasteiger partial charge in [-0.1, -0.05) is 48.0 Å². The van der Waals surface area contributed by atoms with E-state index in [-0.39, 0.29) is 11.8 Å². The molecule has 0 aliphatic carbocycles. The summed E-state index contributed by atoms with van der Waals surface area (Å²) in [5, 5.41) is 6.38. The maximum atomic E-state index is 12.6. The molecule has 1 saturated heterocycles. The van der Waals surface area contributed by atoms with E-state index in [1.54, 1.807) is 0 Å². The highest BCUT2D eigenvalue weighted by Gasteiger charge is 2.25. The van der Waals surface area contributed by atoms with Crippen LogP contribution in [0.4, 0.5) is 10.8 Å². The Labute approximate surface area is 167 Å². The average molecular weight is 398 g/mol. The molecule has 27 heavy (non-hydrogen) atoms. The van der Waals surface area contributed by atoms with Crippen molar-refractivity contribution in [2.24, 2.45) is 5.92 Å². The van der Waals surface area contributed by atoms with E-state index < -0.39 is 0 Å². The second-order valence-electron chi connectivity index (χ2n) is 6.63. The van der Waals surface area contributed by atoms with Crippen LogP contribution in [0.15, 0.2) is 60.0 Å². The maximum Gasteiger partial charge on any atom is 0.229 e. The van der Waals surface area contributed by atoms with E-state index in [4.69, 9.17) is 11.6 Å². The van der Waals surface area contributed by atoms with Gasteiger partial charge < -0.3 is 10.2 Å². The molecular formula is C21H20ClN3OS. The summed E-state index contributed by atoms with van der Waals surface area (Å²) in [6.07, 6.45) is 1.66. The van der Waals surface area contributed by atoms with Gasteiger partial charge in [-0.25, -0.2) is 4.98 Å². The molecule has 1 aliphatic rings. The first-order valence-electron chi connectivity index (χ1n) is 9.01. The number of hydrogen-bond acceptors (Lipinski definition) is 4. The summed E-state index contributed by atoms with van der Waals surface area (Å²) < 4.78 is 0. The van der Waals surface area contributed by atoms with Crippen LogP contribution in [0, 0.1) is 5.92 Å². The number of carbonyl (C=O) groups is 1. The molecule has 0 atom stereocenters. The van der Waals surface area contributed by atoms with Gasteiger partial charge in [-0.2, -0.15) is 0 Å². The van der Waals surface area contributed by atoms with Crippen LogP contribution in [0.3, 0.4) is 0 Å². The number of piperidine rings is 1. The van der Waals surface area contributed by atoms with Crippen LogP contribution in [0.5, 0.6) is 0 Å². The predicted molar refractivity (Wildman–Crippen MR) is 113 cm³/mol. The second kappa shape index (κ2) is 8.11. The van der Waals surface area contributed by atoms with Gasteiger partial charge in [-0.15, -0.1) is 11.3 Å². The molecule has 0 bridgehead atoms. The number of hydrogen-bond donors (Lipinski definition) is 1. The van der Waals surface area contributed by atoms with E-state index in [1.165, 1.54) is 11.3 Å². The molecule has 0 saturated carbocycles. The Hall–Kier alpha value is -2.37. The van der Waals surface area contributed by atoms with E-state index in [1.807, 2.05) is 53.9 Å². The Balaban J connectivity index is 1.34. The first-order valence-corrected chi connectivity index (χ1v) is 10.3. The van der Waals surface area contributed by atoms with Gasteiger partial charge in [0, 0.05) is 40.7 Å². The molecule has 1 aliphatic heterocycles. The monoisotopic (exact) mass is 397 g/mol. The number of thiazole rings is 1. The van der Waals surface area contributed by atoms with E-state index >= 15 is 0 Å². The molecule has 1 N–H and O–H groups in total. The summed E-state index contributed by atoms with van der Waals surface area (Å²) in [6, 6.07) is 17.9. The zero-order valence-corrected chi connectivity index (χ0v) is 16.3. The summed E-state index contributed by atoms with van der Waals surface area (Å²) >= 11 is 7.55. The molecule has 3 aromatic rings. The van der Waals surface area contributed by atoms with Gasteiger partial charge in [0.15, 0.2) is 5.13 Å². The minimum Gasteiger partial charge on any atom is -0.371 e. The number of aromatic nitrogens is 1. The molecular weight excluding hydrogens is 378 g/mol. The number of amides is 1. The van der Waals surface area contributed by atoms with Gasteiger partial charge >= 0.3 is 0 Å². The Morgan fingerprint density at radius 1 is 1.11 bits per heavy atom. The molecule has 0 unspecified atom stereocenters. The fourth-order valence-corrected chi connectivity index (χ4v) is 4.26. The summed E-state index contributed by atoms with van der Waals surface area (Å²) in [4.78, 5) is 19.5. The number of rotatable bonds is 4. The molecule has 6 heteroatoms. The van der Waals surface area contributed by atoms with Crippen molar-refractivity contribution >= 4 is 39.7 Å². The molecule has 4 rings (SSSR count). The largest absolute Gasteiger partial charge is 0.371 e. The molecule has 138 valence electrons. The lowest BCUT2D eigenvalue weighted by Gasteiger charge is -2.32. The molecule has 0 spiro atoms. The number of halogens is 1. The van der Waals surface area contributed by atoms with Crippen molar-refractivity contribution in [2.45, 2.75) is 12.8 Å². The van der Waals surface area contributed by atoms with Crippen LogP contribution < -0.4 is 10.2 Å². The zero-order chi connectivity index (χ0) is 18.6. The fraction of sp³-hybridized carbons (Fsp3) is 0.238. The topological polar surface area (TPSA) is 45.2 Å². The van der Waals surface area contributed by atoms with E-state index in [2.05, 4.69) is 21.3 Å². The minimum absolute atomic E-state index is 0.0181. The van der Waals surface area contributed by atoms with Crippen molar-refractivity contribution in [3.63, 3.8) is 0 Å². The highest BCUT2D eigenvalue weighted by molar-refractivity contribution is 7.14. The van der Waals surface area contributed by atoms with Gasteiger partial charge in [0.05, 0.1) is 5.69 Å². The molecule has 2 heterocycles. The van der Waals surface area contributed by atoms with Crippen LogP contribution in [0.25, 0.3) is 11.3 Å². The highest BCUT2D eigenvalue weighted by atomic mass is 35.5. The van der Waals surface area contributed by atoms with Crippen LogP contribution in [0.1, 0.15) is 12.8 Å². The molecule has 4 nitrogen and oxygen atoms in total. The summed E-state index contributed by atoms with van der Waals surface area (Å²) in [5.41, 5.74) is 3.07. The summed E-state index contributed by atoms with van der Waals surface area (Å²) in [5.74, 6) is 0.0826. The third-order valence-corrected chi connectivity index (χ3v) is 5.84. The van der Waals surface area contributed by atoms with Crippen molar-refractivity contribution in [1.29, 1.82) is 0 Å². The van der Waals surface area contributed by atoms with Crippen molar-refractivity contribution in [2.75, 3.05) is 23.3 Å². The number of nitrogens with zero attached hydrogens (tertiary/aromatic N) is 2. The van der Waals surface area contributed by atoms with Crippen molar-refractivity contribution < 1.29 is 4.79 Å². The number of carbonyl (C=O) groups excluding carboxylic acids is 1. The molecule has 1 amide bonds. The van der Waals surface area contributed by atoms with Crippen molar-refractivity contribution in [3.05, 3.63) is 65.0 Å². The van der Waals surface area contributed by atoms with E-state index in [9.17, 15) is 4.79 Å². The Morgan fingerprint density at radius 3 is 2.63 bits per heavy atom. The number of anilines is 2. The van der Waals surface area contributed by atoms with E-state index in [0.29, 0.717) is 5.13 Å². The van der Waals surface area contributed by atoms with Crippen LogP contribution in [-0.4, -0.2) is 24.0 Å². The van der Waals surface area contributed by atoms with Gasteiger partial charge in [-0.05, 0) is 31.0 Å². The lowest BCUT2D eigenvalue weighted by atomic mass is 9.95. The van der Waals surface area contributed by atoms with Gasteiger partial charge in [0.25, 0.3) is 0 Å². The SMILES string of the molecule is O=C(Nc1nc(-c2ccccc2)cs1)C1CCN(c2cccc(Cl)c2)CC1. The lowest BCUT2D eigenvalue weighted by molar-refractivity contribution is -0.120. The molecule has 1 aromatic heterocycles. The van der Waals surface area contributed by atoms with Crippen molar-refractivity contribution in [1.82, 2.24) is 4.98 Å². The Morgan fingerprint density at radius 2 is 1.89 bits per heavy atom. The molecule has 2 aromatic carbocycles. The zero-order valence-electron chi connectivity index (χ0n) is 14.8. The second-order valence-corrected chi connectivity index (χ2v) is 7.93. The van der Waals surface area contributed by atoms with Crippen molar-refractivity contribution in [3.8, 4) is 11.3 Å². The first kappa shape index (κ1) is 18.0. The predicted octanol–water partition coefficient (Wildman–Crippen LogP) is 5.32.